The summed E-state index contributed by atoms with van der Waals surface area (Å²) in [4.78, 5) is 7.34. The molecule has 3 N–H and O–H groups in total. The molecule has 0 radical (unpaired) electrons. The highest BCUT2D eigenvalue weighted by atomic mass is 19.1. The summed E-state index contributed by atoms with van der Waals surface area (Å²) >= 11 is 0. The van der Waals surface area contributed by atoms with Gasteiger partial charge >= 0.3 is 0 Å². The number of benzene rings is 2. The van der Waals surface area contributed by atoms with E-state index in [4.69, 9.17) is 10.5 Å². The van der Waals surface area contributed by atoms with Gasteiger partial charge in [-0.1, -0.05) is 6.07 Å². The van der Waals surface area contributed by atoms with Crippen LogP contribution >= 0.6 is 0 Å². The first-order chi connectivity index (χ1) is 9.19. The fourth-order valence-electron chi connectivity index (χ4n) is 2.03. The van der Waals surface area contributed by atoms with Crippen LogP contribution in [0.2, 0.25) is 0 Å². The van der Waals surface area contributed by atoms with E-state index in [9.17, 15) is 4.39 Å². The van der Waals surface area contributed by atoms with Crippen molar-refractivity contribution in [1.29, 1.82) is 0 Å². The number of nitrogens with zero attached hydrogens (tertiary/aromatic N) is 1. The average Bonchev–Trinajstić information content (AvgIpc) is 2.83. The Kier molecular flexibility index (Phi) is 2.59. The zero-order chi connectivity index (χ0) is 13.4. The number of aromatic amines is 1. The largest absolute Gasteiger partial charge is 0.496 e. The zero-order valence-electron chi connectivity index (χ0n) is 10.3. The smallest absolute Gasteiger partial charge is 0.151 e. The molecule has 0 fully saturated rings. The number of hydrogen-bond acceptors (Lipinski definition) is 3. The number of para-hydroxylation sites is 1. The highest BCUT2D eigenvalue weighted by molar-refractivity contribution is 5.81. The van der Waals surface area contributed by atoms with Crippen LogP contribution in [0.25, 0.3) is 22.4 Å². The molecule has 0 aliphatic rings. The van der Waals surface area contributed by atoms with Crippen molar-refractivity contribution in [2.24, 2.45) is 0 Å². The second-order valence-corrected chi connectivity index (χ2v) is 4.18. The maximum absolute atomic E-state index is 13.6. The molecule has 5 heteroatoms. The molecule has 0 saturated carbocycles. The van der Waals surface area contributed by atoms with E-state index < -0.39 is 0 Å². The number of H-pyrrole nitrogens is 1. The van der Waals surface area contributed by atoms with Crippen LogP contribution in [0.4, 0.5) is 10.1 Å². The van der Waals surface area contributed by atoms with Gasteiger partial charge in [0.05, 0.1) is 18.2 Å². The number of fused-ring (bicyclic) bond motifs is 1. The molecule has 2 aromatic carbocycles. The van der Waals surface area contributed by atoms with Crippen molar-refractivity contribution in [2.45, 2.75) is 0 Å². The van der Waals surface area contributed by atoms with Crippen LogP contribution in [-0.2, 0) is 0 Å². The van der Waals surface area contributed by atoms with E-state index >= 15 is 0 Å². The normalized spacial score (nSPS) is 10.8. The van der Waals surface area contributed by atoms with Gasteiger partial charge in [-0.05, 0) is 24.3 Å². The van der Waals surface area contributed by atoms with Gasteiger partial charge in [0.2, 0.25) is 0 Å². The Morgan fingerprint density at radius 3 is 2.84 bits per heavy atom. The second-order valence-electron chi connectivity index (χ2n) is 4.18. The van der Waals surface area contributed by atoms with Gasteiger partial charge in [-0.25, -0.2) is 9.37 Å². The molecule has 0 saturated heterocycles. The first-order valence-electron chi connectivity index (χ1n) is 5.77. The summed E-state index contributed by atoms with van der Waals surface area (Å²) in [7, 11) is 1.56. The van der Waals surface area contributed by atoms with Gasteiger partial charge in [-0.15, -0.1) is 0 Å². The van der Waals surface area contributed by atoms with Gasteiger partial charge < -0.3 is 15.5 Å². The van der Waals surface area contributed by atoms with E-state index in [0.29, 0.717) is 28.3 Å². The predicted molar refractivity (Wildman–Crippen MR) is 72.5 cm³/mol. The molecule has 0 amide bonds. The third-order valence-corrected chi connectivity index (χ3v) is 2.94. The minimum Gasteiger partial charge on any atom is -0.496 e. The van der Waals surface area contributed by atoms with Gasteiger partial charge in [-0.2, -0.15) is 0 Å². The Morgan fingerprint density at radius 2 is 2.11 bits per heavy atom. The number of nitrogens with one attached hydrogen (secondary N) is 1. The summed E-state index contributed by atoms with van der Waals surface area (Å²) < 4.78 is 18.9. The third-order valence-electron chi connectivity index (χ3n) is 2.94. The molecule has 96 valence electrons. The number of aromatic nitrogens is 2. The zero-order valence-corrected chi connectivity index (χ0v) is 10.3. The molecule has 1 heterocycles. The Balaban J connectivity index is 2.22. The van der Waals surface area contributed by atoms with Crippen molar-refractivity contribution in [3.63, 3.8) is 0 Å². The lowest BCUT2D eigenvalue weighted by Gasteiger charge is -2.06. The Labute approximate surface area is 109 Å². The number of methoxy groups -OCH3 is 1. The molecule has 3 rings (SSSR count). The predicted octanol–water partition coefficient (Wildman–Crippen LogP) is 2.96. The minimum atomic E-state index is -0.352. The van der Waals surface area contributed by atoms with Gasteiger partial charge in [0, 0.05) is 11.8 Å². The highest BCUT2D eigenvalue weighted by Gasteiger charge is 2.12. The molecule has 0 aliphatic heterocycles. The fraction of sp³-hybridized carbons (Fsp3) is 0.0714. The molecular weight excluding hydrogens is 245 g/mol. The Hall–Kier alpha value is -2.56. The van der Waals surface area contributed by atoms with Crippen molar-refractivity contribution < 1.29 is 9.13 Å². The van der Waals surface area contributed by atoms with Crippen molar-refractivity contribution >= 4 is 16.7 Å². The van der Waals surface area contributed by atoms with E-state index in [1.165, 1.54) is 6.07 Å². The van der Waals surface area contributed by atoms with Crippen molar-refractivity contribution in [3.8, 4) is 17.1 Å². The maximum Gasteiger partial charge on any atom is 0.151 e. The van der Waals surface area contributed by atoms with Crippen LogP contribution in [0, 0.1) is 5.82 Å². The highest BCUT2D eigenvalue weighted by Crippen LogP contribution is 2.31. The average molecular weight is 257 g/mol. The lowest BCUT2D eigenvalue weighted by Crippen LogP contribution is -1.92. The van der Waals surface area contributed by atoms with Crippen LogP contribution < -0.4 is 10.5 Å². The molecule has 1 aromatic heterocycles. The SMILES string of the molecule is COc1cc(N)ccc1-c1nc2c(F)cccc2[nH]1. The molecule has 3 aromatic rings. The lowest BCUT2D eigenvalue weighted by molar-refractivity contribution is 0.416. The Bertz CT molecular complexity index is 752. The van der Waals surface area contributed by atoms with E-state index in [2.05, 4.69) is 9.97 Å². The summed E-state index contributed by atoms with van der Waals surface area (Å²) in [5, 5.41) is 0. The van der Waals surface area contributed by atoms with E-state index in [-0.39, 0.29) is 5.82 Å². The molecule has 0 unspecified atom stereocenters. The standard InChI is InChI=1S/C14H12FN3O/c1-19-12-7-8(16)5-6-9(12)14-17-11-4-2-3-10(15)13(11)18-14/h2-7H,16H2,1H3,(H,17,18). The fourth-order valence-corrected chi connectivity index (χ4v) is 2.03. The van der Waals surface area contributed by atoms with Crippen molar-refractivity contribution in [3.05, 3.63) is 42.2 Å². The Morgan fingerprint density at radius 1 is 1.26 bits per heavy atom. The first kappa shape index (κ1) is 11.5. The monoisotopic (exact) mass is 257 g/mol. The third kappa shape index (κ3) is 1.89. The number of ether oxygens (including phenoxy) is 1. The maximum atomic E-state index is 13.6. The molecule has 4 nitrogen and oxygen atoms in total. The summed E-state index contributed by atoms with van der Waals surface area (Å²) in [5.74, 6) is 0.797. The number of imidazole rings is 1. The van der Waals surface area contributed by atoms with E-state index in [0.717, 1.165) is 5.56 Å². The molecule has 0 spiro atoms. The lowest BCUT2D eigenvalue weighted by atomic mass is 10.1. The number of anilines is 1. The van der Waals surface area contributed by atoms with Crippen LogP contribution in [0.3, 0.4) is 0 Å². The molecule has 0 bridgehead atoms. The van der Waals surface area contributed by atoms with E-state index in [1.807, 2.05) is 0 Å². The molecule has 0 atom stereocenters. The van der Waals surface area contributed by atoms with Gasteiger partial charge in [-0.3, -0.25) is 0 Å². The summed E-state index contributed by atoms with van der Waals surface area (Å²) in [5.41, 5.74) is 8.02. The number of nitrogens with two attached hydrogens (primary N) is 1. The van der Waals surface area contributed by atoms with Gasteiger partial charge in [0.1, 0.15) is 17.1 Å². The summed E-state index contributed by atoms with van der Waals surface area (Å²) in [6.07, 6.45) is 0. The number of halogens is 1. The van der Waals surface area contributed by atoms with Crippen LogP contribution in [0.1, 0.15) is 0 Å². The number of hydrogen-bond donors (Lipinski definition) is 2. The van der Waals surface area contributed by atoms with Crippen molar-refractivity contribution in [2.75, 3.05) is 12.8 Å². The van der Waals surface area contributed by atoms with Crippen LogP contribution in [0.5, 0.6) is 5.75 Å². The number of rotatable bonds is 2. The van der Waals surface area contributed by atoms with Crippen LogP contribution in [0.15, 0.2) is 36.4 Å². The number of nitrogen functional groups attached to an aromatic ring is 1. The molecule has 0 aliphatic carbocycles. The topological polar surface area (TPSA) is 63.9 Å². The summed E-state index contributed by atoms with van der Waals surface area (Å²) in [6, 6.07) is 10.1. The van der Waals surface area contributed by atoms with E-state index in [1.54, 1.807) is 37.4 Å². The molecular formula is C14H12FN3O. The van der Waals surface area contributed by atoms with Crippen molar-refractivity contribution in [1.82, 2.24) is 9.97 Å². The second kappa shape index (κ2) is 4.28. The summed E-state index contributed by atoms with van der Waals surface area (Å²) in [6.45, 7) is 0. The quantitative estimate of drug-likeness (QED) is 0.694. The molecule has 19 heavy (non-hydrogen) atoms. The minimum absolute atomic E-state index is 0.316. The first-order valence-corrected chi connectivity index (χ1v) is 5.77. The van der Waals surface area contributed by atoms with Crippen LogP contribution in [-0.4, -0.2) is 17.1 Å². The van der Waals surface area contributed by atoms with Gasteiger partial charge in [0.15, 0.2) is 5.82 Å². The van der Waals surface area contributed by atoms with Gasteiger partial charge in [0.25, 0.3) is 0 Å².